The van der Waals surface area contributed by atoms with Crippen LogP contribution in [0.3, 0.4) is 0 Å². The zero-order chi connectivity index (χ0) is 13.9. The molecule has 1 atom stereocenters. The van der Waals surface area contributed by atoms with Crippen molar-refractivity contribution < 1.29 is 0 Å². The fourth-order valence-corrected chi connectivity index (χ4v) is 2.65. The van der Waals surface area contributed by atoms with E-state index in [0.29, 0.717) is 6.04 Å². The molecule has 0 saturated heterocycles. The molecule has 0 amide bonds. The monoisotopic (exact) mass is 312 g/mol. The minimum absolute atomic E-state index is 0.262. The third-order valence-corrected chi connectivity index (χ3v) is 4.24. The summed E-state index contributed by atoms with van der Waals surface area (Å²) in [6.07, 6.45) is 0. The smallest absolute Gasteiger partial charge is 0.0510 e. The fraction of sp³-hybridized carbons (Fsp3) is 0.600. The highest BCUT2D eigenvalue weighted by Gasteiger charge is 2.25. The van der Waals surface area contributed by atoms with E-state index in [1.54, 1.807) is 0 Å². The van der Waals surface area contributed by atoms with Crippen LogP contribution in [0.2, 0.25) is 0 Å². The molecule has 0 aliphatic carbocycles. The van der Waals surface area contributed by atoms with Gasteiger partial charge in [0.15, 0.2) is 0 Å². The van der Waals surface area contributed by atoms with Crippen LogP contribution < -0.4 is 10.2 Å². The van der Waals surface area contributed by atoms with Crippen molar-refractivity contribution in [1.29, 1.82) is 0 Å². The Morgan fingerprint density at radius 3 is 2.39 bits per heavy atom. The third kappa shape index (κ3) is 3.72. The zero-order valence-electron chi connectivity index (χ0n) is 12.3. The van der Waals surface area contributed by atoms with Crippen LogP contribution in [0.25, 0.3) is 0 Å². The summed E-state index contributed by atoms with van der Waals surface area (Å²) in [5, 5.41) is 3.17. The summed E-state index contributed by atoms with van der Waals surface area (Å²) in [4.78, 5) is 2.34. The lowest BCUT2D eigenvalue weighted by Crippen LogP contribution is -2.39. The van der Waals surface area contributed by atoms with Gasteiger partial charge in [-0.2, -0.15) is 0 Å². The highest BCUT2D eigenvalue weighted by atomic mass is 79.9. The molecule has 0 fully saturated rings. The van der Waals surface area contributed by atoms with Crippen LogP contribution in [-0.2, 0) is 6.54 Å². The second kappa shape index (κ2) is 6.07. The van der Waals surface area contributed by atoms with Gasteiger partial charge in [-0.1, -0.05) is 26.8 Å². The van der Waals surface area contributed by atoms with Gasteiger partial charge >= 0.3 is 0 Å². The number of benzene rings is 1. The molecule has 18 heavy (non-hydrogen) atoms. The quantitative estimate of drug-likeness (QED) is 0.902. The largest absolute Gasteiger partial charge is 0.370 e. The number of hydrogen-bond acceptors (Lipinski definition) is 2. The van der Waals surface area contributed by atoms with E-state index in [1.807, 2.05) is 7.05 Å². The number of nitrogens with one attached hydrogen (secondary N) is 1. The number of nitrogens with zero attached hydrogens (tertiary/aromatic N) is 1. The van der Waals surface area contributed by atoms with Crippen LogP contribution in [-0.4, -0.2) is 20.1 Å². The van der Waals surface area contributed by atoms with Crippen molar-refractivity contribution in [3.8, 4) is 0 Å². The van der Waals surface area contributed by atoms with Crippen molar-refractivity contribution in [3.05, 3.63) is 28.2 Å². The molecule has 0 saturated carbocycles. The predicted octanol–water partition coefficient (Wildman–Crippen LogP) is 4.04. The number of anilines is 1. The van der Waals surface area contributed by atoms with Gasteiger partial charge in [-0.05, 0) is 53.0 Å². The maximum Gasteiger partial charge on any atom is 0.0510 e. The average Bonchev–Trinajstić information content (AvgIpc) is 2.26. The molecular weight excluding hydrogens is 288 g/mol. The molecule has 0 radical (unpaired) electrons. The van der Waals surface area contributed by atoms with Crippen molar-refractivity contribution in [3.63, 3.8) is 0 Å². The van der Waals surface area contributed by atoms with Crippen LogP contribution >= 0.6 is 15.9 Å². The molecular formula is C15H25BrN2. The number of hydrogen-bond donors (Lipinski definition) is 1. The first-order chi connectivity index (χ1) is 8.27. The van der Waals surface area contributed by atoms with Crippen molar-refractivity contribution in [2.75, 3.05) is 19.0 Å². The summed E-state index contributed by atoms with van der Waals surface area (Å²) >= 11 is 3.68. The van der Waals surface area contributed by atoms with Gasteiger partial charge in [-0.25, -0.2) is 0 Å². The van der Waals surface area contributed by atoms with Crippen molar-refractivity contribution in [2.24, 2.45) is 5.41 Å². The van der Waals surface area contributed by atoms with Crippen LogP contribution in [0.5, 0.6) is 0 Å². The Hall–Kier alpha value is -0.540. The van der Waals surface area contributed by atoms with Crippen LogP contribution in [0.1, 0.15) is 33.3 Å². The Morgan fingerprint density at radius 1 is 1.33 bits per heavy atom. The van der Waals surface area contributed by atoms with Gasteiger partial charge in [0.25, 0.3) is 0 Å². The lowest BCUT2D eigenvalue weighted by atomic mass is 9.87. The Morgan fingerprint density at radius 2 is 1.94 bits per heavy atom. The van der Waals surface area contributed by atoms with E-state index in [0.717, 1.165) is 11.0 Å². The minimum atomic E-state index is 0.262. The van der Waals surface area contributed by atoms with E-state index in [2.05, 4.69) is 79.1 Å². The molecule has 2 nitrogen and oxygen atoms in total. The van der Waals surface area contributed by atoms with Crippen LogP contribution in [0, 0.1) is 5.41 Å². The molecule has 3 heteroatoms. The molecule has 0 bridgehead atoms. The molecule has 0 aliphatic rings. The van der Waals surface area contributed by atoms with Crippen molar-refractivity contribution in [1.82, 2.24) is 5.32 Å². The first-order valence-corrected chi connectivity index (χ1v) is 7.22. The summed E-state index contributed by atoms with van der Waals surface area (Å²) < 4.78 is 1.16. The number of halogens is 1. The van der Waals surface area contributed by atoms with Gasteiger partial charge in [0, 0.05) is 24.1 Å². The summed E-state index contributed by atoms with van der Waals surface area (Å²) in [6, 6.07) is 7.04. The molecule has 1 aromatic rings. The Bertz CT molecular complexity index is 396. The summed E-state index contributed by atoms with van der Waals surface area (Å²) in [5.41, 5.74) is 2.81. The first kappa shape index (κ1) is 15.5. The predicted molar refractivity (Wildman–Crippen MR) is 84.2 cm³/mol. The lowest BCUT2D eigenvalue weighted by molar-refractivity contribution is 0.329. The molecule has 0 aliphatic heterocycles. The maximum absolute atomic E-state index is 3.68. The molecule has 0 aromatic heterocycles. The minimum Gasteiger partial charge on any atom is -0.370 e. The summed E-state index contributed by atoms with van der Waals surface area (Å²) in [5.74, 6) is 0. The summed E-state index contributed by atoms with van der Waals surface area (Å²) in [7, 11) is 4.13. The van der Waals surface area contributed by atoms with E-state index in [9.17, 15) is 0 Å². The fourth-order valence-electron chi connectivity index (χ4n) is 1.94. The average molecular weight is 313 g/mol. The van der Waals surface area contributed by atoms with E-state index >= 15 is 0 Å². The van der Waals surface area contributed by atoms with Gasteiger partial charge in [0.2, 0.25) is 0 Å². The molecule has 102 valence electrons. The molecule has 1 rings (SSSR count). The van der Waals surface area contributed by atoms with Gasteiger partial charge in [-0.3, -0.25) is 0 Å². The standard InChI is InChI=1S/C15H25BrN2/c1-11(15(2,3)4)18(6)14-8-7-12(10-17-5)9-13(14)16/h7-9,11,17H,10H2,1-6H3. The topological polar surface area (TPSA) is 15.3 Å². The molecule has 1 N–H and O–H groups in total. The van der Waals surface area contributed by atoms with Gasteiger partial charge in [-0.15, -0.1) is 0 Å². The molecule has 1 unspecified atom stereocenters. The third-order valence-electron chi connectivity index (χ3n) is 3.61. The SMILES string of the molecule is CNCc1ccc(N(C)C(C)C(C)(C)C)c(Br)c1. The second-order valence-electron chi connectivity index (χ2n) is 5.97. The number of rotatable bonds is 4. The van der Waals surface area contributed by atoms with Crippen LogP contribution in [0.4, 0.5) is 5.69 Å². The lowest BCUT2D eigenvalue weighted by Gasteiger charge is -2.37. The van der Waals surface area contributed by atoms with E-state index in [1.165, 1.54) is 11.3 Å². The van der Waals surface area contributed by atoms with Gasteiger partial charge < -0.3 is 10.2 Å². The second-order valence-corrected chi connectivity index (χ2v) is 6.82. The highest BCUT2D eigenvalue weighted by Crippen LogP contribution is 2.32. The Labute approximate surface area is 120 Å². The summed E-state index contributed by atoms with van der Waals surface area (Å²) in [6.45, 7) is 10.00. The van der Waals surface area contributed by atoms with Crippen LogP contribution in [0.15, 0.2) is 22.7 Å². The first-order valence-electron chi connectivity index (χ1n) is 6.43. The van der Waals surface area contributed by atoms with E-state index in [-0.39, 0.29) is 5.41 Å². The molecule has 0 spiro atoms. The maximum atomic E-state index is 3.68. The van der Waals surface area contributed by atoms with E-state index in [4.69, 9.17) is 0 Å². The highest BCUT2D eigenvalue weighted by molar-refractivity contribution is 9.10. The van der Waals surface area contributed by atoms with Crippen molar-refractivity contribution in [2.45, 2.75) is 40.3 Å². The van der Waals surface area contributed by atoms with Crippen molar-refractivity contribution >= 4 is 21.6 Å². The normalized spacial score (nSPS) is 13.5. The Kier molecular flexibility index (Phi) is 5.23. The van der Waals surface area contributed by atoms with E-state index < -0.39 is 0 Å². The van der Waals surface area contributed by atoms with Gasteiger partial charge in [0.05, 0.1) is 5.69 Å². The van der Waals surface area contributed by atoms with Gasteiger partial charge in [0.1, 0.15) is 0 Å². The zero-order valence-corrected chi connectivity index (χ0v) is 13.9. The molecule has 1 aromatic carbocycles. The molecule has 0 heterocycles. The Balaban J connectivity index is 2.96.